The largest absolute Gasteiger partial charge is 0.353 e. The van der Waals surface area contributed by atoms with E-state index < -0.39 is 0 Å². The Morgan fingerprint density at radius 2 is 1.86 bits per heavy atom. The number of H-pyrrole nitrogens is 1. The van der Waals surface area contributed by atoms with Crippen LogP contribution in [0.5, 0.6) is 0 Å². The van der Waals surface area contributed by atoms with Crippen molar-refractivity contribution < 1.29 is 9.59 Å². The zero-order valence-electron chi connectivity index (χ0n) is 17.0. The van der Waals surface area contributed by atoms with Crippen molar-refractivity contribution in [2.45, 2.75) is 64.1 Å². The predicted octanol–water partition coefficient (Wildman–Crippen LogP) is 2.34. The highest BCUT2D eigenvalue weighted by Gasteiger charge is 2.41. The Morgan fingerprint density at radius 3 is 2.57 bits per heavy atom. The van der Waals surface area contributed by atoms with Crippen molar-refractivity contribution in [3.8, 4) is 0 Å². The molecule has 2 aliphatic heterocycles. The third-order valence-electron chi connectivity index (χ3n) is 5.74. The average molecular weight is 383 g/mol. The van der Waals surface area contributed by atoms with Crippen LogP contribution in [0.4, 0.5) is 5.82 Å². The molecular formula is C21H29N5O2. The first-order valence-electron chi connectivity index (χ1n) is 9.97. The van der Waals surface area contributed by atoms with Crippen molar-refractivity contribution in [2.24, 2.45) is 5.92 Å². The molecule has 3 heterocycles. The normalized spacial score (nSPS) is 24.6. The minimum atomic E-state index is -0.343. The smallest absolute Gasteiger partial charge is 0.229 e. The van der Waals surface area contributed by atoms with E-state index in [2.05, 4.69) is 48.5 Å². The van der Waals surface area contributed by atoms with Gasteiger partial charge in [-0.1, -0.05) is 12.1 Å². The lowest BCUT2D eigenvalue weighted by Gasteiger charge is -2.46. The summed E-state index contributed by atoms with van der Waals surface area (Å²) in [6.07, 6.45) is 1.97. The molecule has 150 valence electrons. The Labute approximate surface area is 165 Å². The van der Waals surface area contributed by atoms with Gasteiger partial charge in [0, 0.05) is 35.5 Å². The molecule has 1 aromatic carbocycles. The third-order valence-corrected chi connectivity index (χ3v) is 5.74. The molecule has 2 saturated heterocycles. The van der Waals surface area contributed by atoms with Gasteiger partial charge in [0.25, 0.3) is 0 Å². The van der Waals surface area contributed by atoms with Gasteiger partial charge in [-0.25, -0.2) is 0 Å². The molecule has 1 aromatic heterocycles. The van der Waals surface area contributed by atoms with E-state index in [1.165, 1.54) is 0 Å². The molecule has 3 N–H and O–H groups in total. The Morgan fingerprint density at radius 1 is 1.18 bits per heavy atom. The molecule has 0 bridgehead atoms. The number of fused-ring (bicyclic) bond motifs is 1. The number of hydrogen-bond donors (Lipinski definition) is 3. The van der Waals surface area contributed by atoms with Gasteiger partial charge in [-0.05, 0) is 52.7 Å². The summed E-state index contributed by atoms with van der Waals surface area (Å²) < 4.78 is 0. The number of carbonyl (C=O) groups excluding carboxylic acids is 2. The van der Waals surface area contributed by atoms with Crippen molar-refractivity contribution >= 4 is 28.5 Å². The van der Waals surface area contributed by atoms with Gasteiger partial charge in [-0.15, -0.1) is 0 Å². The SMILES string of the molecule is CC1(C)CC(NC(=O)C2CC(=O)N(c3n[nH]c4ccccc34)C2)CC(C)(C)N1. The van der Waals surface area contributed by atoms with Crippen LogP contribution in [0.1, 0.15) is 47.0 Å². The summed E-state index contributed by atoms with van der Waals surface area (Å²) in [5.74, 6) is 0.182. The second-order valence-corrected chi connectivity index (χ2v) is 9.50. The van der Waals surface area contributed by atoms with Gasteiger partial charge in [0.2, 0.25) is 11.8 Å². The molecule has 1 unspecified atom stereocenters. The molecule has 0 spiro atoms. The van der Waals surface area contributed by atoms with E-state index >= 15 is 0 Å². The molecule has 2 fully saturated rings. The van der Waals surface area contributed by atoms with Gasteiger partial charge in [-0.3, -0.25) is 19.6 Å². The first-order valence-corrected chi connectivity index (χ1v) is 9.97. The summed E-state index contributed by atoms with van der Waals surface area (Å²) >= 11 is 0. The lowest BCUT2D eigenvalue weighted by Crippen LogP contribution is -2.62. The zero-order valence-corrected chi connectivity index (χ0v) is 17.0. The van der Waals surface area contributed by atoms with Gasteiger partial charge in [-0.2, -0.15) is 5.10 Å². The highest BCUT2D eigenvalue weighted by atomic mass is 16.2. The van der Waals surface area contributed by atoms with E-state index in [0.29, 0.717) is 12.4 Å². The van der Waals surface area contributed by atoms with Gasteiger partial charge in [0.15, 0.2) is 5.82 Å². The number of nitrogens with zero attached hydrogens (tertiary/aromatic N) is 2. The van der Waals surface area contributed by atoms with Gasteiger partial charge in [0.05, 0.1) is 11.4 Å². The number of hydrogen-bond acceptors (Lipinski definition) is 4. The number of nitrogens with one attached hydrogen (secondary N) is 3. The van der Waals surface area contributed by atoms with E-state index in [-0.39, 0.29) is 41.3 Å². The predicted molar refractivity (Wildman–Crippen MR) is 109 cm³/mol. The molecular weight excluding hydrogens is 354 g/mol. The number of aromatic amines is 1. The summed E-state index contributed by atoms with van der Waals surface area (Å²) in [4.78, 5) is 27.2. The maximum Gasteiger partial charge on any atom is 0.229 e. The number of carbonyl (C=O) groups is 2. The van der Waals surface area contributed by atoms with Crippen LogP contribution in [0.3, 0.4) is 0 Å². The monoisotopic (exact) mass is 383 g/mol. The number of anilines is 1. The zero-order chi connectivity index (χ0) is 20.1. The van der Waals surface area contributed by atoms with Crippen LogP contribution in [-0.2, 0) is 9.59 Å². The summed E-state index contributed by atoms with van der Waals surface area (Å²) in [5.41, 5.74) is 0.813. The van der Waals surface area contributed by atoms with Crippen LogP contribution in [-0.4, -0.2) is 45.7 Å². The molecule has 28 heavy (non-hydrogen) atoms. The van der Waals surface area contributed by atoms with E-state index in [0.717, 1.165) is 23.7 Å². The number of aromatic nitrogens is 2. The molecule has 2 aliphatic rings. The Bertz CT molecular complexity index is 900. The van der Waals surface area contributed by atoms with E-state index in [1.54, 1.807) is 4.90 Å². The second-order valence-electron chi connectivity index (χ2n) is 9.50. The van der Waals surface area contributed by atoms with Gasteiger partial charge >= 0.3 is 0 Å². The molecule has 0 aliphatic carbocycles. The maximum absolute atomic E-state index is 12.9. The fourth-order valence-electron chi connectivity index (χ4n) is 4.99. The number of benzene rings is 1. The first kappa shape index (κ1) is 18.9. The molecule has 7 nitrogen and oxygen atoms in total. The van der Waals surface area contributed by atoms with Crippen molar-refractivity contribution in [2.75, 3.05) is 11.4 Å². The highest BCUT2D eigenvalue weighted by Crippen LogP contribution is 2.31. The van der Waals surface area contributed by atoms with Crippen LogP contribution in [0, 0.1) is 5.92 Å². The fraction of sp³-hybridized carbons (Fsp3) is 0.571. The first-order chi connectivity index (χ1) is 13.1. The van der Waals surface area contributed by atoms with E-state index in [9.17, 15) is 9.59 Å². The Kier molecular flexibility index (Phi) is 4.45. The van der Waals surface area contributed by atoms with Gasteiger partial charge < -0.3 is 10.6 Å². The van der Waals surface area contributed by atoms with Crippen molar-refractivity contribution in [1.29, 1.82) is 0 Å². The molecule has 4 rings (SSSR count). The summed E-state index contributed by atoms with van der Waals surface area (Å²) in [6, 6.07) is 7.82. The highest BCUT2D eigenvalue weighted by molar-refractivity contribution is 6.05. The summed E-state index contributed by atoms with van der Waals surface area (Å²) in [7, 11) is 0. The summed E-state index contributed by atoms with van der Waals surface area (Å²) in [5, 5.41) is 15.0. The fourth-order valence-corrected chi connectivity index (χ4v) is 4.99. The standard InChI is InChI=1S/C21H29N5O2/c1-20(2)10-14(11-21(3,4)25-20)22-19(28)13-9-17(27)26(12-13)18-15-7-5-6-8-16(15)23-24-18/h5-8,13-14,25H,9-12H2,1-4H3,(H,22,28)(H,23,24). The lowest BCUT2D eigenvalue weighted by atomic mass is 9.79. The molecule has 0 saturated carbocycles. The van der Waals surface area contributed by atoms with Crippen molar-refractivity contribution in [1.82, 2.24) is 20.8 Å². The molecule has 2 aromatic rings. The van der Waals surface area contributed by atoms with Crippen LogP contribution in [0.2, 0.25) is 0 Å². The number of piperidine rings is 1. The Hall–Kier alpha value is -2.41. The van der Waals surface area contributed by atoms with Crippen molar-refractivity contribution in [3.05, 3.63) is 24.3 Å². The van der Waals surface area contributed by atoms with E-state index in [4.69, 9.17) is 0 Å². The van der Waals surface area contributed by atoms with E-state index in [1.807, 2.05) is 24.3 Å². The average Bonchev–Trinajstić information content (AvgIpc) is 3.15. The third kappa shape index (κ3) is 3.63. The lowest BCUT2D eigenvalue weighted by molar-refractivity contribution is -0.127. The molecule has 1 atom stereocenters. The van der Waals surface area contributed by atoms with Crippen LogP contribution >= 0.6 is 0 Å². The molecule has 0 radical (unpaired) electrons. The minimum absolute atomic E-state index is 0.0332. The van der Waals surface area contributed by atoms with Crippen LogP contribution in [0.15, 0.2) is 24.3 Å². The van der Waals surface area contributed by atoms with Gasteiger partial charge in [0.1, 0.15) is 0 Å². The number of amides is 2. The number of rotatable bonds is 3. The number of para-hydroxylation sites is 1. The molecule has 2 amide bonds. The molecule has 7 heteroatoms. The maximum atomic E-state index is 12.9. The second kappa shape index (κ2) is 6.58. The topological polar surface area (TPSA) is 90.1 Å². The van der Waals surface area contributed by atoms with Crippen LogP contribution < -0.4 is 15.5 Å². The van der Waals surface area contributed by atoms with Crippen molar-refractivity contribution in [3.63, 3.8) is 0 Å². The minimum Gasteiger partial charge on any atom is -0.353 e. The Balaban J connectivity index is 1.46. The quantitative estimate of drug-likeness (QED) is 0.759. The van der Waals surface area contributed by atoms with Crippen LogP contribution in [0.25, 0.3) is 10.9 Å². The summed E-state index contributed by atoms with van der Waals surface area (Å²) in [6.45, 7) is 9.03.